The highest BCUT2D eigenvalue weighted by Gasteiger charge is 2.19. The molecule has 1 N–H and O–H groups in total. The number of fused-ring (bicyclic) bond motifs is 1. The van der Waals surface area contributed by atoms with Gasteiger partial charge < -0.3 is 5.32 Å². The SMILES string of the molecule is O=C(Nc1ccccc1-n1ccnn1)c1cccc2c1CCC2. The van der Waals surface area contributed by atoms with Gasteiger partial charge in [-0.05, 0) is 48.6 Å². The van der Waals surface area contributed by atoms with Gasteiger partial charge in [0.05, 0.1) is 23.8 Å². The van der Waals surface area contributed by atoms with Gasteiger partial charge in [-0.3, -0.25) is 4.79 Å². The Morgan fingerprint density at radius 1 is 1.09 bits per heavy atom. The summed E-state index contributed by atoms with van der Waals surface area (Å²) in [4.78, 5) is 12.7. The predicted octanol–water partition coefficient (Wildman–Crippen LogP) is 3.01. The monoisotopic (exact) mass is 304 g/mol. The van der Waals surface area contributed by atoms with E-state index >= 15 is 0 Å². The molecule has 0 bridgehead atoms. The molecule has 4 rings (SSSR count). The van der Waals surface area contributed by atoms with Gasteiger partial charge in [0.15, 0.2) is 0 Å². The Morgan fingerprint density at radius 3 is 2.87 bits per heavy atom. The quantitative estimate of drug-likeness (QED) is 0.809. The van der Waals surface area contributed by atoms with Gasteiger partial charge in [-0.25, -0.2) is 4.68 Å². The van der Waals surface area contributed by atoms with Crippen molar-refractivity contribution in [3.63, 3.8) is 0 Å². The van der Waals surface area contributed by atoms with Crippen LogP contribution in [0, 0.1) is 0 Å². The number of hydrogen-bond acceptors (Lipinski definition) is 3. The number of rotatable bonds is 3. The topological polar surface area (TPSA) is 59.8 Å². The molecule has 2 aromatic carbocycles. The van der Waals surface area contributed by atoms with Gasteiger partial charge in [-0.2, -0.15) is 0 Å². The van der Waals surface area contributed by atoms with Gasteiger partial charge in [0.2, 0.25) is 0 Å². The molecule has 1 aliphatic rings. The molecular formula is C18H16N4O. The maximum atomic E-state index is 12.7. The number of anilines is 1. The van der Waals surface area contributed by atoms with Crippen molar-refractivity contribution in [2.24, 2.45) is 0 Å². The molecule has 0 saturated carbocycles. The number of hydrogen-bond donors (Lipinski definition) is 1. The Labute approximate surface area is 134 Å². The van der Waals surface area contributed by atoms with E-state index in [-0.39, 0.29) is 5.91 Å². The van der Waals surface area contributed by atoms with E-state index in [9.17, 15) is 4.79 Å². The molecule has 3 aromatic rings. The number of nitrogens with one attached hydrogen (secondary N) is 1. The van der Waals surface area contributed by atoms with Crippen molar-refractivity contribution >= 4 is 11.6 Å². The summed E-state index contributed by atoms with van der Waals surface area (Å²) in [7, 11) is 0. The molecule has 23 heavy (non-hydrogen) atoms. The molecule has 5 nitrogen and oxygen atoms in total. The first-order valence-corrected chi connectivity index (χ1v) is 7.71. The third-order valence-electron chi connectivity index (χ3n) is 4.21. The Morgan fingerprint density at radius 2 is 2.00 bits per heavy atom. The van der Waals surface area contributed by atoms with Crippen LogP contribution in [-0.4, -0.2) is 20.9 Å². The van der Waals surface area contributed by atoms with E-state index in [1.807, 2.05) is 36.4 Å². The van der Waals surface area contributed by atoms with Crippen molar-refractivity contribution in [1.82, 2.24) is 15.0 Å². The molecule has 5 heteroatoms. The number of aromatic nitrogens is 3. The minimum absolute atomic E-state index is 0.0729. The minimum Gasteiger partial charge on any atom is -0.320 e. The molecule has 0 radical (unpaired) electrons. The van der Waals surface area contributed by atoms with E-state index < -0.39 is 0 Å². The number of benzene rings is 2. The van der Waals surface area contributed by atoms with E-state index in [0.717, 1.165) is 36.2 Å². The molecule has 1 amide bonds. The third-order valence-corrected chi connectivity index (χ3v) is 4.21. The van der Waals surface area contributed by atoms with Gasteiger partial charge in [-0.1, -0.05) is 29.5 Å². The van der Waals surface area contributed by atoms with Crippen LogP contribution in [-0.2, 0) is 12.8 Å². The first kappa shape index (κ1) is 13.7. The highest BCUT2D eigenvalue weighted by molar-refractivity contribution is 6.06. The van der Waals surface area contributed by atoms with E-state index in [1.54, 1.807) is 17.1 Å². The van der Waals surface area contributed by atoms with Crippen molar-refractivity contribution in [3.05, 3.63) is 71.5 Å². The first-order chi connectivity index (χ1) is 11.3. The predicted molar refractivity (Wildman–Crippen MR) is 87.8 cm³/mol. The zero-order chi connectivity index (χ0) is 15.6. The van der Waals surface area contributed by atoms with Crippen LogP contribution in [0.3, 0.4) is 0 Å². The number of amides is 1. The summed E-state index contributed by atoms with van der Waals surface area (Å²) < 4.78 is 1.64. The highest BCUT2D eigenvalue weighted by atomic mass is 16.1. The van der Waals surface area contributed by atoms with Crippen molar-refractivity contribution in [2.75, 3.05) is 5.32 Å². The number of nitrogens with zero attached hydrogens (tertiary/aromatic N) is 3. The highest BCUT2D eigenvalue weighted by Crippen LogP contribution is 2.26. The largest absolute Gasteiger partial charge is 0.320 e. The maximum absolute atomic E-state index is 12.7. The fourth-order valence-corrected chi connectivity index (χ4v) is 3.14. The maximum Gasteiger partial charge on any atom is 0.256 e. The summed E-state index contributed by atoms with van der Waals surface area (Å²) in [6.45, 7) is 0. The fourth-order valence-electron chi connectivity index (χ4n) is 3.14. The van der Waals surface area contributed by atoms with E-state index in [1.165, 1.54) is 11.1 Å². The normalized spacial score (nSPS) is 12.9. The first-order valence-electron chi connectivity index (χ1n) is 7.71. The number of carbonyl (C=O) groups excluding carboxylic acids is 1. The second kappa shape index (κ2) is 5.68. The van der Waals surface area contributed by atoms with Gasteiger partial charge in [-0.15, -0.1) is 5.10 Å². The van der Waals surface area contributed by atoms with Crippen molar-refractivity contribution in [1.29, 1.82) is 0 Å². The molecule has 0 aliphatic heterocycles. The van der Waals surface area contributed by atoms with Crippen LogP contribution in [0.2, 0.25) is 0 Å². The molecular weight excluding hydrogens is 288 g/mol. The Hall–Kier alpha value is -2.95. The van der Waals surface area contributed by atoms with Crippen LogP contribution >= 0.6 is 0 Å². The zero-order valence-electron chi connectivity index (χ0n) is 12.6. The van der Waals surface area contributed by atoms with Crippen LogP contribution in [0.1, 0.15) is 27.9 Å². The van der Waals surface area contributed by atoms with Crippen LogP contribution in [0.25, 0.3) is 5.69 Å². The van der Waals surface area contributed by atoms with Crippen LogP contribution in [0.15, 0.2) is 54.9 Å². The summed E-state index contributed by atoms with van der Waals surface area (Å²) in [5, 5.41) is 10.8. The molecule has 1 aromatic heterocycles. The smallest absolute Gasteiger partial charge is 0.256 e. The second-order valence-electron chi connectivity index (χ2n) is 5.62. The number of para-hydroxylation sites is 2. The van der Waals surface area contributed by atoms with Crippen molar-refractivity contribution < 1.29 is 4.79 Å². The van der Waals surface area contributed by atoms with E-state index in [0.29, 0.717) is 0 Å². The van der Waals surface area contributed by atoms with Crippen LogP contribution in [0.5, 0.6) is 0 Å². The lowest BCUT2D eigenvalue weighted by Crippen LogP contribution is -2.16. The molecule has 0 spiro atoms. The van der Waals surface area contributed by atoms with Crippen LogP contribution < -0.4 is 5.32 Å². The van der Waals surface area contributed by atoms with Gasteiger partial charge in [0, 0.05) is 5.56 Å². The van der Waals surface area contributed by atoms with Gasteiger partial charge in [0.1, 0.15) is 0 Å². The van der Waals surface area contributed by atoms with E-state index in [2.05, 4.69) is 21.7 Å². The minimum atomic E-state index is -0.0729. The molecule has 0 fully saturated rings. The molecule has 1 aliphatic carbocycles. The Bertz CT molecular complexity index is 855. The number of aryl methyl sites for hydroxylation is 1. The summed E-state index contributed by atoms with van der Waals surface area (Å²) >= 11 is 0. The molecule has 0 saturated heterocycles. The Kier molecular flexibility index (Phi) is 3.38. The van der Waals surface area contributed by atoms with Gasteiger partial charge >= 0.3 is 0 Å². The molecule has 114 valence electrons. The number of carbonyl (C=O) groups is 1. The van der Waals surface area contributed by atoms with Crippen molar-refractivity contribution in [3.8, 4) is 5.69 Å². The summed E-state index contributed by atoms with van der Waals surface area (Å²) in [5.41, 5.74) is 4.77. The zero-order valence-corrected chi connectivity index (χ0v) is 12.6. The average Bonchev–Trinajstić information content (AvgIpc) is 3.26. The summed E-state index contributed by atoms with van der Waals surface area (Å²) in [5.74, 6) is -0.0729. The lowest BCUT2D eigenvalue weighted by molar-refractivity contribution is 0.102. The van der Waals surface area contributed by atoms with Crippen molar-refractivity contribution in [2.45, 2.75) is 19.3 Å². The van der Waals surface area contributed by atoms with Gasteiger partial charge in [0.25, 0.3) is 5.91 Å². The summed E-state index contributed by atoms with van der Waals surface area (Å²) in [6, 6.07) is 13.6. The lowest BCUT2D eigenvalue weighted by atomic mass is 10.0. The summed E-state index contributed by atoms with van der Waals surface area (Å²) in [6.07, 6.45) is 6.53. The molecule has 0 atom stereocenters. The van der Waals surface area contributed by atoms with Crippen LogP contribution in [0.4, 0.5) is 5.69 Å². The molecule has 1 heterocycles. The van der Waals surface area contributed by atoms with E-state index in [4.69, 9.17) is 0 Å². The lowest BCUT2D eigenvalue weighted by Gasteiger charge is -2.12. The Balaban J connectivity index is 1.67. The third kappa shape index (κ3) is 2.50. The molecule has 0 unspecified atom stereocenters. The second-order valence-corrected chi connectivity index (χ2v) is 5.62. The average molecular weight is 304 g/mol. The fraction of sp³-hybridized carbons (Fsp3) is 0.167. The standard InChI is InChI=1S/C18H16N4O/c23-18(15-8-4-6-13-5-3-7-14(13)15)20-16-9-1-2-10-17(16)22-12-11-19-21-22/h1-2,4,6,8-12H,3,5,7H2,(H,20,23).